The molecule has 0 bridgehead atoms. The third-order valence-electron chi connectivity index (χ3n) is 7.03. The minimum Gasteiger partial charge on any atom is -0.370 e. The van der Waals surface area contributed by atoms with Crippen LogP contribution in [0.2, 0.25) is 0 Å². The van der Waals surface area contributed by atoms with Gasteiger partial charge in [-0.15, -0.1) is 0 Å². The SMILES string of the molecule is CCCNc1cc(N2CCCC(CCC(=O)NC3CCN(Cc4ccccc4)CC3)C2)ncn1. The number of anilines is 2. The number of carbonyl (C=O) groups is 1. The number of nitrogens with one attached hydrogen (secondary N) is 2. The Morgan fingerprint density at radius 2 is 1.91 bits per heavy atom. The van der Waals surface area contributed by atoms with Crippen LogP contribution in [0.3, 0.4) is 0 Å². The first-order chi connectivity index (χ1) is 16.7. The Kier molecular flexibility index (Phi) is 9.13. The van der Waals surface area contributed by atoms with Crippen LogP contribution in [0.25, 0.3) is 0 Å². The highest BCUT2D eigenvalue weighted by Crippen LogP contribution is 2.25. The predicted octanol–water partition coefficient (Wildman–Crippen LogP) is 4.08. The van der Waals surface area contributed by atoms with E-state index in [-0.39, 0.29) is 5.91 Å². The third-order valence-corrected chi connectivity index (χ3v) is 7.03. The van der Waals surface area contributed by atoms with Gasteiger partial charge in [0.15, 0.2) is 0 Å². The summed E-state index contributed by atoms with van der Waals surface area (Å²) >= 11 is 0. The van der Waals surface area contributed by atoms with Crippen LogP contribution in [0.5, 0.6) is 0 Å². The van der Waals surface area contributed by atoms with E-state index in [0.717, 1.165) is 83.0 Å². The highest BCUT2D eigenvalue weighted by atomic mass is 16.1. The van der Waals surface area contributed by atoms with Crippen molar-refractivity contribution in [1.29, 1.82) is 0 Å². The van der Waals surface area contributed by atoms with Crippen molar-refractivity contribution >= 4 is 17.5 Å². The van der Waals surface area contributed by atoms with Gasteiger partial charge in [0.2, 0.25) is 5.91 Å². The maximum absolute atomic E-state index is 12.7. The zero-order valence-electron chi connectivity index (χ0n) is 20.6. The fourth-order valence-corrected chi connectivity index (χ4v) is 5.09. The zero-order chi connectivity index (χ0) is 23.6. The van der Waals surface area contributed by atoms with Crippen LogP contribution in [0.1, 0.15) is 57.4 Å². The molecule has 1 atom stereocenters. The Morgan fingerprint density at radius 3 is 2.71 bits per heavy atom. The van der Waals surface area contributed by atoms with Gasteiger partial charge in [-0.25, -0.2) is 9.97 Å². The summed E-state index contributed by atoms with van der Waals surface area (Å²) in [7, 11) is 0. The summed E-state index contributed by atoms with van der Waals surface area (Å²) in [5, 5.41) is 6.65. The lowest BCUT2D eigenvalue weighted by Crippen LogP contribution is -2.44. The molecule has 3 heterocycles. The van der Waals surface area contributed by atoms with E-state index >= 15 is 0 Å². The maximum atomic E-state index is 12.7. The molecule has 4 rings (SSSR count). The van der Waals surface area contributed by atoms with E-state index in [1.807, 2.05) is 0 Å². The van der Waals surface area contributed by atoms with Gasteiger partial charge >= 0.3 is 0 Å². The Balaban J connectivity index is 1.16. The van der Waals surface area contributed by atoms with Gasteiger partial charge in [-0.3, -0.25) is 9.69 Å². The summed E-state index contributed by atoms with van der Waals surface area (Å²) in [5.41, 5.74) is 1.36. The maximum Gasteiger partial charge on any atom is 0.220 e. The lowest BCUT2D eigenvalue weighted by molar-refractivity contribution is -0.122. The first-order valence-corrected chi connectivity index (χ1v) is 13.1. The molecule has 34 heavy (non-hydrogen) atoms. The van der Waals surface area contributed by atoms with Gasteiger partial charge in [-0.1, -0.05) is 37.3 Å². The van der Waals surface area contributed by atoms with E-state index in [0.29, 0.717) is 18.4 Å². The number of carbonyl (C=O) groups excluding carboxylic acids is 1. The van der Waals surface area contributed by atoms with Gasteiger partial charge in [0.1, 0.15) is 18.0 Å². The second-order valence-corrected chi connectivity index (χ2v) is 9.78. The molecular weight excluding hydrogens is 424 g/mol. The van der Waals surface area contributed by atoms with Crippen molar-refractivity contribution in [3.63, 3.8) is 0 Å². The van der Waals surface area contributed by atoms with Crippen LogP contribution in [-0.4, -0.2) is 59.5 Å². The highest BCUT2D eigenvalue weighted by Gasteiger charge is 2.24. The third kappa shape index (κ3) is 7.42. The number of nitrogens with zero attached hydrogens (tertiary/aromatic N) is 4. The summed E-state index contributed by atoms with van der Waals surface area (Å²) in [6, 6.07) is 13.0. The van der Waals surface area contributed by atoms with Crippen LogP contribution in [-0.2, 0) is 11.3 Å². The fourth-order valence-electron chi connectivity index (χ4n) is 5.09. The van der Waals surface area contributed by atoms with Crippen molar-refractivity contribution in [2.24, 2.45) is 5.92 Å². The van der Waals surface area contributed by atoms with E-state index < -0.39 is 0 Å². The van der Waals surface area contributed by atoms with Gasteiger partial charge in [0.25, 0.3) is 0 Å². The Bertz CT molecular complexity index is 884. The first kappa shape index (κ1) is 24.5. The number of hydrogen-bond acceptors (Lipinski definition) is 6. The Morgan fingerprint density at radius 1 is 1.09 bits per heavy atom. The molecule has 2 aromatic rings. The molecule has 2 saturated heterocycles. The average Bonchev–Trinajstić information content (AvgIpc) is 2.88. The minimum absolute atomic E-state index is 0.215. The van der Waals surface area contributed by atoms with Gasteiger partial charge in [0, 0.05) is 57.8 Å². The number of amides is 1. The van der Waals surface area contributed by atoms with Crippen molar-refractivity contribution in [1.82, 2.24) is 20.2 Å². The number of hydrogen-bond donors (Lipinski definition) is 2. The summed E-state index contributed by atoms with van der Waals surface area (Å²) < 4.78 is 0. The normalized spacial score (nSPS) is 19.7. The lowest BCUT2D eigenvalue weighted by Gasteiger charge is -2.34. The summed E-state index contributed by atoms with van der Waals surface area (Å²) in [4.78, 5) is 26.3. The lowest BCUT2D eigenvalue weighted by atomic mass is 9.93. The predicted molar refractivity (Wildman–Crippen MR) is 138 cm³/mol. The molecule has 2 fully saturated rings. The molecule has 2 aliphatic rings. The second kappa shape index (κ2) is 12.7. The zero-order valence-corrected chi connectivity index (χ0v) is 20.6. The standard InChI is InChI=1S/C27H40N6O/c1-2-14-28-25-18-26(30-21-29-25)33-15-6-9-23(20-33)10-11-27(34)31-24-12-16-32(17-13-24)19-22-7-4-3-5-8-22/h3-5,7-8,18,21,23-24H,2,6,9-17,19-20H2,1H3,(H,31,34)(H,28,29,30). The van der Waals surface area contributed by atoms with Crippen LogP contribution < -0.4 is 15.5 Å². The molecule has 7 heteroatoms. The molecule has 7 nitrogen and oxygen atoms in total. The van der Waals surface area contributed by atoms with Crippen LogP contribution in [0.15, 0.2) is 42.7 Å². The largest absolute Gasteiger partial charge is 0.370 e. The van der Waals surface area contributed by atoms with Crippen molar-refractivity contribution < 1.29 is 4.79 Å². The Labute approximate surface area is 204 Å². The number of rotatable bonds is 10. The number of benzene rings is 1. The molecule has 0 aliphatic carbocycles. The highest BCUT2D eigenvalue weighted by molar-refractivity contribution is 5.76. The summed E-state index contributed by atoms with van der Waals surface area (Å²) in [6.45, 7) is 8.15. The van der Waals surface area contributed by atoms with Crippen LogP contribution >= 0.6 is 0 Å². The molecule has 1 aromatic carbocycles. The smallest absolute Gasteiger partial charge is 0.220 e. The van der Waals surface area contributed by atoms with E-state index in [1.54, 1.807) is 6.33 Å². The molecule has 0 spiro atoms. The monoisotopic (exact) mass is 464 g/mol. The molecule has 1 amide bonds. The second-order valence-electron chi connectivity index (χ2n) is 9.78. The quantitative estimate of drug-likeness (QED) is 0.552. The minimum atomic E-state index is 0.215. The molecular formula is C27H40N6O. The molecule has 0 radical (unpaired) electrons. The Hall–Kier alpha value is -2.67. The molecule has 1 unspecified atom stereocenters. The average molecular weight is 465 g/mol. The fraction of sp³-hybridized carbons (Fsp3) is 0.593. The molecule has 2 aliphatic heterocycles. The van der Waals surface area contributed by atoms with E-state index in [1.165, 1.54) is 12.0 Å². The number of likely N-dealkylation sites (tertiary alicyclic amines) is 1. The van der Waals surface area contributed by atoms with Gasteiger partial charge in [-0.05, 0) is 50.0 Å². The first-order valence-electron chi connectivity index (χ1n) is 13.1. The van der Waals surface area contributed by atoms with Crippen molar-refractivity contribution in [2.45, 2.75) is 64.5 Å². The van der Waals surface area contributed by atoms with Crippen LogP contribution in [0.4, 0.5) is 11.6 Å². The van der Waals surface area contributed by atoms with E-state index in [9.17, 15) is 4.79 Å². The molecule has 1 aromatic heterocycles. The number of piperidine rings is 2. The summed E-state index contributed by atoms with van der Waals surface area (Å²) in [5.74, 6) is 2.63. The van der Waals surface area contributed by atoms with Crippen molar-refractivity contribution in [3.05, 3.63) is 48.3 Å². The van der Waals surface area contributed by atoms with Gasteiger partial charge in [0.05, 0.1) is 0 Å². The van der Waals surface area contributed by atoms with E-state index in [2.05, 4.69) is 73.7 Å². The van der Waals surface area contributed by atoms with Gasteiger partial charge in [-0.2, -0.15) is 0 Å². The van der Waals surface area contributed by atoms with Gasteiger partial charge < -0.3 is 15.5 Å². The topological polar surface area (TPSA) is 73.4 Å². The molecule has 2 N–H and O–H groups in total. The summed E-state index contributed by atoms with van der Waals surface area (Å²) in [6.07, 6.45) is 8.70. The van der Waals surface area contributed by atoms with Crippen molar-refractivity contribution in [3.8, 4) is 0 Å². The van der Waals surface area contributed by atoms with Crippen molar-refractivity contribution in [2.75, 3.05) is 42.9 Å². The van der Waals surface area contributed by atoms with Crippen LogP contribution in [0, 0.1) is 5.92 Å². The molecule has 184 valence electrons. The van der Waals surface area contributed by atoms with E-state index in [4.69, 9.17) is 0 Å². The molecule has 0 saturated carbocycles. The number of aromatic nitrogens is 2.